The van der Waals surface area contributed by atoms with E-state index in [1.807, 2.05) is 0 Å². The summed E-state index contributed by atoms with van der Waals surface area (Å²) in [4.78, 5) is 0. The predicted molar refractivity (Wildman–Crippen MR) is 77.5 cm³/mol. The van der Waals surface area contributed by atoms with Gasteiger partial charge in [0.15, 0.2) is 0 Å². The molecule has 1 aliphatic rings. The van der Waals surface area contributed by atoms with Crippen molar-refractivity contribution in [3.63, 3.8) is 0 Å². The third-order valence-corrected chi connectivity index (χ3v) is 4.30. The SMILES string of the molecule is COC1(C(NCC(C)O)c2cccc(C(F)(F)F)c2)CCC1. The van der Waals surface area contributed by atoms with Crippen molar-refractivity contribution in [2.24, 2.45) is 0 Å². The van der Waals surface area contributed by atoms with Crippen molar-refractivity contribution in [3.8, 4) is 0 Å². The zero-order valence-electron chi connectivity index (χ0n) is 12.8. The lowest BCUT2D eigenvalue weighted by Crippen LogP contribution is -2.51. The summed E-state index contributed by atoms with van der Waals surface area (Å²) in [5, 5.41) is 12.6. The fourth-order valence-electron chi connectivity index (χ4n) is 2.93. The lowest BCUT2D eigenvalue weighted by molar-refractivity contribution is -0.137. The summed E-state index contributed by atoms with van der Waals surface area (Å²) in [6.45, 7) is 1.93. The maximum Gasteiger partial charge on any atom is 0.416 e. The van der Waals surface area contributed by atoms with E-state index in [4.69, 9.17) is 4.74 Å². The summed E-state index contributed by atoms with van der Waals surface area (Å²) in [6.07, 6.45) is -2.39. The second kappa shape index (κ2) is 6.56. The standard InChI is InChI=1S/C16H22F3NO2/c1-11(21)10-20-14(15(22-2)7-4-8-15)12-5-3-6-13(9-12)16(17,18)19/h3,5-6,9,11,14,20-21H,4,7-8,10H2,1-2H3. The number of ether oxygens (including phenoxy) is 1. The molecule has 1 fully saturated rings. The minimum Gasteiger partial charge on any atom is -0.392 e. The second-order valence-electron chi connectivity index (χ2n) is 5.94. The smallest absolute Gasteiger partial charge is 0.392 e. The van der Waals surface area contributed by atoms with Gasteiger partial charge in [0.25, 0.3) is 0 Å². The van der Waals surface area contributed by atoms with Gasteiger partial charge >= 0.3 is 6.18 Å². The van der Waals surface area contributed by atoms with Crippen LogP contribution in [0.4, 0.5) is 13.2 Å². The molecule has 2 unspecified atom stereocenters. The Hall–Kier alpha value is -1.11. The highest BCUT2D eigenvalue weighted by Gasteiger charge is 2.45. The summed E-state index contributed by atoms with van der Waals surface area (Å²) in [5.74, 6) is 0. The molecule has 1 aromatic rings. The van der Waals surface area contributed by atoms with Gasteiger partial charge in [-0.2, -0.15) is 13.2 Å². The molecule has 0 aliphatic heterocycles. The topological polar surface area (TPSA) is 41.5 Å². The van der Waals surface area contributed by atoms with E-state index >= 15 is 0 Å². The van der Waals surface area contributed by atoms with Crippen molar-refractivity contribution >= 4 is 0 Å². The van der Waals surface area contributed by atoms with Gasteiger partial charge in [-0.05, 0) is 43.9 Å². The van der Waals surface area contributed by atoms with Crippen LogP contribution >= 0.6 is 0 Å². The average Bonchev–Trinajstić information content (AvgIpc) is 2.40. The van der Waals surface area contributed by atoms with Crippen molar-refractivity contribution in [1.82, 2.24) is 5.32 Å². The Labute approximate surface area is 128 Å². The molecule has 22 heavy (non-hydrogen) atoms. The number of nitrogens with one attached hydrogen (secondary N) is 1. The van der Waals surface area contributed by atoms with Crippen molar-refractivity contribution in [2.45, 2.75) is 50.1 Å². The third-order valence-electron chi connectivity index (χ3n) is 4.30. The van der Waals surface area contributed by atoms with E-state index in [9.17, 15) is 18.3 Å². The normalized spacial score (nSPS) is 20.3. The van der Waals surface area contributed by atoms with Crippen LogP contribution in [0.15, 0.2) is 24.3 Å². The molecular formula is C16H22F3NO2. The van der Waals surface area contributed by atoms with Gasteiger partial charge in [0.05, 0.1) is 23.3 Å². The number of aliphatic hydroxyl groups is 1. The van der Waals surface area contributed by atoms with E-state index in [1.54, 1.807) is 20.1 Å². The highest BCUT2D eigenvalue weighted by Crippen LogP contribution is 2.45. The first kappa shape index (κ1) is 17.2. The first-order chi connectivity index (χ1) is 10.3. The van der Waals surface area contributed by atoms with Crippen molar-refractivity contribution in [3.05, 3.63) is 35.4 Å². The molecule has 1 aliphatic carbocycles. The fraction of sp³-hybridized carbons (Fsp3) is 0.625. The number of alkyl halides is 3. The van der Waals surface area contributed by atoms with Gasteiger partial charge in [-0.15, -0.1) is 0 Å². The van der Waals surface area contributed by atoms with Crippen LogP contribution in [-0.4, -0.2) is 30.5 Å². The van der Waals surface area contributed by atoms with Crippen molar-refractivity contribution in [2.75, 3.05) is 13.7 Å². The van der Waals surface area contributed by atoms with Crippen molar-refractivity contribution < 1.29 is 23.0 Å². The molecule has 0 heterocycles. The second-order valence-corrected chi connectivity index (χ2v) is 5.94. The van der Waals surface area contributed by atoms with E-state index in [2.05, 4.69) is 5.32 Å². The van der Waals surface area contributed by atoms with Crippen LogP contribution in [0, 0.1) is 0 Å². The van der Waals surface area contributed by atoms with Gasteiger partial charge in [0, 0.05) is 13.7 Å². The molecular weight excluding hydrogens is 295 g/mol. The van der Waals surface area contributed by atoms with E-state index in [1.165, 1.54) is 12.1 Å². The van der Waals surface area contributed by atoms with Gasteiger partial charge < -0.3 is 15.2 Å². The molecule has 3 nitrogen and oxygen atoms in total. The molecule has 0 spiro atoms. The van der Waals surface area contributed by atoms with Crippen molar-refractivity contribution in [1.29, 1.82) is 0 Å². The Morgan fingerprint density at radius 1 is 1.36 bits per heavy atom. The van der Waals surface area contributed by atoms with Gasteiger partial charge in [-0.1, -0.05) is 12.1 Å². The molecule has 2 rings (SSSR count). The zero-order chi connectivity index (χ0) is 16.4. The molecule has 1 aromatic carbocycles. The van der Waals surface area contributed by atoms with E-state index in [0.29, 0.717) is 12.1 Å². The molecule has 0 saturated heterocycles. The Bertz CT molecular complexity index is 493. The van der Waals surface area contributed by atoms with E-state index in [0.717, 1.165) is 25.3 Å². The van der Waals surface area contributed by atoms with Crippen LogP contribution in [0.5, 0.6) is 0 Å². The number of hydrogen-bond donors (Lipinski definition) is 2. The van der Waals surface area contributed by atoms with Gasteiger partial charge in [0.1, 0.15) is 0 Å². The summed E-state index contributed by atoms with van der Waals surface area (Å²) in [7, 11) is 1.59. The Morgan fingerprint density at radius 3 is 2.50 bits per heavy atom. The Morgan fingerprint density at radius 2 is 2.05 bits per heavy atom. The number of aliphatic hydroxyl groups excluding tert-OH is 1. The maximum absolute atomic E-state index is 12.9. The summed E-state index contributed by atoms with van der Waals surface area (Å²) in [6, 6.07) is 4.95. The van der Waals surface area contributed by atoms with Crippen LogP contribution in [0.1, 0.15) is 43.4 Å². The lowest BCUT2D eigenvalue weighted by Gasteiger charge is -2.47. The largest absolute Gasteiger partial charge is 0.416 e. The monoisotopic (exact) mass is 317 g/mol. The van der Waals surface area contributed by atoms with Crippen LogP contribution in [0.3, 0.4) is 0 Å². The zero-order valence-corrected chi connectivity index (χ0v) is 12.8. The number of halogens is 3. The van der Waals surface area contributed by atoms with Gasteiger partial charge in [-0.3, -0.25) is 0 Å². The molecule has 124 valence electrons. The quantitative estimate of drug-likeness (QED) is 0.846. The van der Waals surface area contributed by atoms with Gasteiger partial charge in [-0.25, -0.2) is 0 Å². The number of rotatable bonds is 6. The molecule has 0 aromatic heterocycles. The highest BCUT2D eigenvalue weighted by atomic mass is 19.4. The van der Waals surface area contributed by atoms with E-state index < -0.39 is 23.4 Å². The summed E-state index contributed by atoms with van der Waals surface area (Å²) >= 11 is 0. The highest BCUT2D eigenvalue weighted by molar-refractivity contribution is 5.30. The molecule has 2 N–H and O–H groups in total. The Balaban J connectivity index is 2.32. The average molecular weight is 317 g/mol. The fourth-order valence-corrected chi connectivity index (χ4v) is 2.93. The Kier molecular flexibility index (Phi) is 5.14. The molecule has 1 saturated carbocycles. The summed E-state index contributed by atoms with van der Waals surface area (Å²) in [5.41, 5.74) is -0.629. The molecule has 0 bridgehead atoms. The first-order valence-corrected chi connectivity index (χ1v) is 7.42. The van der Waals surface area contributed by atoms with Crippen LogP contribution < -0.4 is 5.32 Å². The van der Waals surface area contributed by atoms with Gasteiger partial charge in [0.2, 0.25) is 0 Å². The first-order valence-electron chi connectivity index (χ1n) is 7.42. The third kappa shape index (κ3) is 3.62. The molecule has 0 amide bonds. The maximum atomic E-state index is 12.9. The predicted octanol–water partition coefficient (Wildman–Crippen LogP) is 3.29. The van der Waals surface area contributed by atoms with E-state index in [-0.39, 0.29) is 6.04 Å². The van der Waals surface area contributed by atoms with Crippen LogP contribution in [0.25, 0.3) is 0 Å². The summed E-state index contributed by atoms with van der Waals surface area (Å²) < 4.78 is 44.4. The minimum absolute atomic E-state index is 0.298. The number of methoxy groups -OCH3 is 1. The molecule has 0 radical (unpaired) electrons. The number of benzene rings is 1. The molecule has 6 heteroatoms. The number of hydrogen-bond acceptors (Lipinski definition) is 3. The van der Waals surface area contributed by atoms with Crippen LogP contribution in [0.2, 0.25) is 0 Å². The van der Waals surface area contributed by atoms with Crippen LogP contribution in [-0.2, 0) is 10.9 Å². The molecule has 2 atom stereocenters. The lowest BCUT2D eigenvalue weighted by atomic mass is 9.72. The minimum atomic E-state index is -4.37.